The molecule has 0 aliphatic carbocycles. The Morgan fingerprint density at radius 3 is 1.61 bits per heavy atom. The predicted molar refractivity (Wildman–Crippen MR) is 207 cm³/mol. The van der Waals surface area contributed by atoms with Gasteiger partial charge in [-0.1, -0.05) is 164 Å². The highest BCUT2D eigenvalue weighted by molar-refractivity contribution is 7.25. The first-order valence-electron chi connectivity index (χ1n) is 16.6. The number of thiophene rings is 1. The second-order valence-electron chi connectivity index (χ2n) is 12.4. The summed E-state index contributed by atoms with van der Waals surface area (Å²) in [6.45, 7) is 0. The van der Waals surface area contributed by atoms with Crippen LogP contribution in [0, 0.1) is 0 Å². The Labute approximate surface area is 290 Å². The van der Waals surface area contributed by atoms with E-state index in [0.29, 0.717) is 0 Å². The molecule has 1 aliphatic rings. The maximum atomic E-state index is 5.36. The Balaban J connectivity index is 1.12. The van der Waals surface area contributed by atoms with Crippen LogP contribution in [-0.4, -0.2) is 5.84 Å². The van der Waals surface area contributed by atoms with E-state index in [0.717, 1.165) is 22.5 Å². The van der Waals surface area contributed by atoms with Crippen molar-refractivity contribution in [1.29, 1.82) is 0 Å². The molecule has 4 heteroatoms. The molecule has 0 amide bonds. The quantitative estimate of drug-likeness (QED) is 0.192. The van der Waals surface area contributed by atoms with E-state index in [2.05, 4.69) is 169 Å². The number of nitrogens with zero attached hydrogens (tertiary/aromatic N) is 2. The van der Waals surface area contributed by atoms with Gasteiger partial charge in [-0.2, -0.15) is 0 Å². The third-order valence-corrected chi connectivity index (χ3v) is 10.4. The Bertz CT molecular complexity index is 2420. The van der Waals surface area contributed by atoms with Gasteiger partial charge < -0.3 is 10.6 Å². The average Bonchev–Trinajstić information content (AvgIpc) is 3.57. The van der Waals surface area contributed by atoms with Crippen LogP contribution in [0.4, 0.5) is 0 Å². The molecule has 0 bridgehead atoms. The number of hydrogen-bond acceptors (Lipinski definition) is 3. The Morgan fingerprint density at radius 1 is 0.469 bits per heavy atom. The van der Waals surface area contributed by atoms with Crippen molar-refractivity contribution in [3.63, 3.8) is 0 Å². The first-order valence-corrected chi connectivity index (χ1v) is 17.4. The van der Waals surface area contributed by atoms with Crippen LogP contribution >= 0.6 is 11.3 Å². The van der Waals surface area contributed by atoms with Crippen LogP contribution in [0.1, 0.15) is 29.0 Å². The second kappa shape index (κ2) is 12.7. The highest BCUT2D eigenvalue weighted by Crippen LogP contribution is 2.45. The van der Waals surface area contributed by atoms with Gasteiger partial charge >= 0.3 is 0 Å². The average molecular weight is 647 g/mol. The van der Waals surface area contributed by atoms with E-state index < -0.39 is 0 Å². The van der Waals surface area contributed by atoms with Gasteiger partial charge in [0.25, 0.3) is 0 Å². The highest BCUT2D eigenvalue weighted by Gasteiger charge is 2.21. The lowest BCUT2D eigenvalue weighted by molar-refractivity contribution is 0.635. The molecule has 0 spiro atoms. The lowest BCUT2D eigenvalue weighted by Crippen LogP contribution is -2.34. The van der Waals surface area contributed by atoms with Crippen molar-refractivity contribution in [2.75, 3.05) is 0 Å². The minimum absolute atomic E-state index is 0.291. The van der Waals surface area contributed by atoms with E-state index in [1.165, 1.54) is 53.6 Å². The van der Waals surface area contributed by atoms with Crippen molar-refractivity contribution in [2.24, 2.45) is 4.99 Å². The van der Waals surface area contributed by atoms with Crippen LogP contribution in [0.15, 0.2) is 181 Å². The maximum Gasteiger partial charge on any atom is 0.126 e. The van der Waals surface area contributed by atoms with E-state index in [1.807, 2.05) is 23.5 Å². The van der Waals surface area contributed by atoms with Gasteiger partial charge in [0, 0.05) is 25.7 Å². The van der Waals surface area contributed by atoms with E-state index in [1.54, 1.807) is 0 Å². The fourth-order valence-electron chi connectivity index (χ4n) is 6.81. The summed E-state index contributed by atoms with van der Waals surface area (Å²) in [5.41, 5.74) is 10.5. The van der Waals surface area contributed by atoms with Crippen molar-refractivity contribution >= 4 is 37.3 Å². The van der Waals surface area contributed by atoms with Crippen LogP contribution < -0.4 is 5.32 Å². The van der Waals surface area contributed by atoms with Gasteiger partial charge in [-0.3, -0.25) is 4.99 Å². The summed E-state index contributed by atoms with van der Waals surface area (Å²) < 4.78 is 2.53. The molecule has 234 valence electrons. The SMILES string of the molecule is c1ccc(C2=NC(c3ccccc3)[N-]C(c3cc(-c4ccc(-c5ccc(-c6ccccc6)cc5)cc4)cc4sc5ccccc5c34)N2)cc1. The van der Waals surface area contributed by atoms with Gasteiger partial charge in [0.05, 0.1) is 0 Å². The van der Waals surface area contributed by atoms with Crippen LogP contribution in [0.2, 0.25) is 0 Å². The molecule has 2 unspecified atom stereocenters. The number of benzene rings is 7. The molecule has 7 aromatic carbocycles. The summed E-state index contributed by atoms with van der Waals surface area (Å²) in [6.07, 6.45) is -0.611. The molecule has 8 aromatic rings. The lowest BCUT2D eigenvalue weighted by Gasteiger charge is -2.44. The molecular formula is C45H32N3S-. The minimum Gasteiger partial charge on any atom is -0.613 e. The fourth-order valence-corrected chi connectivity index (χ4v) is 7.99. The fraction of sp³-hybridized carbons (Fsp3) is 0.0444. The number of nitrogens with one attached hydrogen (secondary N) is 1. The zero-order valence-corrected chi connectivity index (χ0v) is 27.5. The summed E-state index contributed by atoms with van der Waals surface area (Å²) in [7, 11) is 0. The van der Waals surface area contributed by atoms with E-state index in [4.69, 9.17) is 10.3 Å². The van der Waals surface area contributed by atoms with Crippen LogP contribution in [0.3, 0.4) is 0 Å². The number of aliphatic imine (C=N–C) groups is 1. The first-order chi connectivity index (χ1) is 24.3. The van der Waals surface area contributed by atoms with Crippen LogP contribution in [0.5, 0.6) is 0 Å². The van der Waals surface area contributed by atoms with Gasteiger partial charge in [-0.15, -0.1) is 11.3 Å². The number of hydrogen-bond donors (Lipinski definition) is 1. The minimum atomic E-state index is -0.321. The zero-order valence-electron chi connectivity index (χ0n) is 26.7. The number of amidine groups is 1. The normalized spacial score (nSPS) is 16.0. The Kier molecular flexibility index (Phi) is 7.58. The smallest absolute Gasteiger partial charge is 0.126 e. The van der Waals surface area contributed by atoms with Gasteiger partial charge in [-0.25, -0.2) is 0 Å². The first kappa shape index (κ1) is 29.3. The van der Waals surface area contributed by atoms with Gasteiger partial charge in [0.2, 0.25) is 0 Å². The van der Waals surface area contributed by atoms with E-state index in [9.17, 15) is 0 Å². The van der Waals surface area contributed by atoms with Crippen molar-refractivity contribution in [3.8, 4) is 33.4 Å². The van der Waals surface area contributed by atoms with Crippen molar-refractivity contribution in [3.05, 3.63) is 198 Å². The Morgan fingerprint density at radius 2 is 0.980 bits per heavy atom. The van der Waals surface area contributed by atoms with Gasteiger partial charge in [-0.05, 0) is 69.0 Å². The van der Waals surface area contributed by atoms with Gasteiger partial charge in [0.1, 0.15) is 5.84 Å². The van der Waals surface area contributed by atoms with Crippen LogP contribution in [0.25, 0.3) is 58.9 Å². The summed E-state index contributed by atoms with van der Waals surface area (Å²) in [5, 5.41) is 11.6. The summed E-state index contributed by atoms with van der Waals surface area (Å²) in [6, 6.07) is 62.5. The molecule has 0 saturated heterocycles. The van der Waals surface area contributed by atoms with E-state index in [-0.39, 0.29) is 12.3 Å². The molecule has 2 atom stereocenters. The summed E-state index contributed by atoms with van der Waals surface area (Å²) >= 11 is 1.84. The molecule has 0 radical (unpaired) electrons. The standard InChI is InChI=1S/C45H32N3S/c1-4-12-30(13-5-1)31-20-22-32(23-21-31)33-24-26-34(27-25-33)37-28-39(42-38-18-10-11-19-40(38)49-41(42)29-37)45-47-43(35-14-6-2-7-15-35)46-44(48-45)36-16-8-3-9-17-36/h1-29,43,45H,(H,46,48)/q-1. The monoisotopic (exact) mass is 646 g/mol. The van der Waals surface area contributed by atoms with Crippen molar-refractivity contribution < 1.29 is 0 Å². The molecule has 3 nitrogen and oxygen atoms in total. The van der Waals surface area contributed by atoms with Gasteiger partial charge in [0.15, 0.2) is 0 Å². The molecular weight excluding hydrogens is 615 g/mol. The number of rotatable bonds is 6. The lowest BCUT2D eigenvalue weighted by atomic mass is 9.94. The molecule has 0 fully saturated rings. The summed E-state index contributed by atoms with van der Waals surface area (Å²) in [4.78, 5) is 5.11. The van der Waals surface area contributed by atoms with Crippen LogP contribution in [-0.2, 0) is 0 Å². The number of fused-ring (bicyclic) bond motifs is 3. The molecule has 0 saturated carbocycles. The largest absolute Gasteiger partial charge is 0.613 e. The molecule has 2 heterocycles. The topological polar surface area (TPSA) is 38.5 Å². The van der Waals surface area contributed by atoms with Crippen molar-refractivity contribution in [1.82, 2.24) is 5.32 Å². The second-order valence-corrected chi connectivity index (χ2v) is 13.5. The molecule has 1 aliphatic heterocycles. The molecule has 1 aromatic heterocycles. The third-order valence-electron chi connectivity index (χ3n) is 9.31. The zero-order chi connectivity index (χ0) is 32.6. The molecule has 49 heavy (non-hydrogen) atoms. The predicted octanol–water partition coefficient (Wildman–Crippen LogP) is 12.2. The summed E-state index contributed by atoms with van der Waals surface area (Å²) in [5.74, 6) is 0.857. The maximum absolute atomic E-state index is 5.36. The van der Waals surface area contributed by atoms with E-state index >= 15 is 0 Å². The Hall–Kier alpha value is -5.81. The molecule has 1 N–H and O–H groups in total. The third kappa shape index (κ3) is 5.72. The van der Waals surface area contributed by atoms with Crippen molar-refractivity contribution in [2.45, 2.75) is 12.3 Å². The molecule has 9 rings (SSSR count). The highest BCUT2D eigenvalue weighted by atomic mass is 32.1.